The quantitative estimate of drug-likeness (QED) is 0.759. The van der Waals surface area contributed by atoms with Gasteiger partial charge in [0.1, 0.15) is 12.2 Å². The second-order valence-electron chi connectivity index (χ2n) is 7.35. The molecule has 1 atom stereocenters. The fraction of sp³-hybridized carbons (Fsp3) is 0.579. The van der Waals surface area contributed by atoms with Gasteiger partial charge in [-0.25, -0.2) is 9.59 Å². The van der Waals surface area contributed by atoms with Gasteiger partial charge in [-0.05, 0) is 32.8 Å². The molecule has 2 amide bonds. The number of nitrogens with zero attached hydrogens (tertiary/aromatic N) is 1. The highest BCUT2D eigenvalue weighted by Gasteiger charge is 2.29. The van der Waals surface area contributed by atoms with Crippen LogP contribution in [0, 0.1) is 0 Å². The Morgan fingerprint density at radius 2 is 1.92 bits per heavy atom. The second kappa shape index (κ2) is 9.43. The van der Waals surface area contributed by atoms with Crippen LogP contribution in [0.25, 0.3) is 0 Å². The molecule has 0 bridgehead atoms. The zero-order valence-corrected chi connectivity index (χ0v) is 15.8. The number of alkyl carbamates (subject to hydrolysis) is 1. The lowest BCUT2D eigenvalue weighted by molar-refractivity contribution is 0.0291. The summed E-state index contributed by atoms with van der Waals surface area (Å²) in [4.78, 5) is 25.4. The Hall–Kier alpha value is -2.28. The number of carbonyl (C=O) groups excluding carboxylic acids is 2. The highest BCUT2D eigenvalue weighted by Crippen LogP contribution is 2.15. The van der Waals surface area contributed by atoms with Gasteiger partial charge in [0.05, 0.1) is 0 Å². The topological polar surface area (TPSA) is 79.9 Å². The van der Waals surface area contributed by atoms with Gasteiger partial charge in [0.15, 0.2) is 0 Å². The van der Waals surface area contributed by atoms with Crippen molar-refractivity contribution < 1.29 is 19.1 Å². The average Bonchev–Trinajstić information content (AvgIpc) is 3.05. The minimum atomic E-state index is -0.480. The van der Waals surface area contributed by atoms with E-state index in [0.29, 0.717) is 26.2 Å². The molecule has 1 aromatic rings. The fourth-order valence-corrected chi connectivity index (χ4v) is 2.63. The summed E-state index contributed by atoms with van der Waals surface area (Å²) in [6.45, 7) is 8.22. The minimum absolute atomic E-state index is 0.213. The zero-order valence-electron chi connectivity index (χ0n) is 15.8. The Morgan fingerprint density at radius 3 is 2.62 bits per heavy atom. The van der Waals surface area contributed by atoms with E-state index in [9.17, 15) is 9.59 Å². The summed E-state index contributed by atoms with van der Waals surface area (Å²) in [5.74, 6) is 0. The van der Waals surface area contributed by atoms with Crippen molar-refractivity contribution >= 4 is 12.2 Å². The van der Waals surface area contributed by atoms with Crippen LogP contribution in [-0.4, -0.2) is 54.9 Å². The number of likely N-dealkylation sites (tertiary alicyclic amines) is 1. The summed E-state index contributed by atoms with van der Waals surface area (Å²) in [6, 6.07) is 9.76. The predicted molar refractivity (Wildman–Crippen MR) is 98.8 cm³/mol. The van der Waals surface area contributed by atoms with E-state index in [-0.39, 0.29) is 18.7 Å². The third kappa shape index (κ3) is 7.31. The molecule has 0 aromatic heterocycles. The van der Waals surface area contributed by atoms with Crippen molar-refractivity contribution in [3.05, 3.63) is 35.9 Å². The highest BCUT2D eigenvalue weighted by atomic mass is 16.6. The molecule has 0 aliphatic carbocycles. The van der Waals surface area contributed by atoms with Gasteiger partial charge in [0, 0.05) is 32.2 Å². The van der Waals surface area contributed by atoms with Gasteiger partial charge in [0.2, 0.25) is 0 Å². The van der Waals surface area contributed by atoms with Crippen LogP contribution in [0.5, 0.6) is 0 Å². The van der Waals surface area contributed by atoms with E-state index in [2.05, 4.69) is 10.6 Å². The van der Waals surface area contributed by atoms with E-state index >= 15 is 0 Å². The van der Waals surface area contributed by atoms with E-state index < -0.39 is 11.7 Å². The van der Waals surface area contributed by atoms with Gasteiger partial charge in [-0.1, -0.05) is 30.3 Å². The summed E-state index contributed by atoms with van der Waals surface area (Å²) in [6.07, 6.45) is 0.166. The van der Waals surface area contributed by atoms with Gasteiger partial charge >= 0.3 is 12.2 Å². The zero-order chi connectivity index (χ0) is 19.0. The first kappa shape index (κ1) is 20.0. The van der Waals surface area contributed by atoms with E-state index in [4.69, 9.17) is 9.47 Å². The Kier molecular flexibility index (Phi) is 7.26. The van der Waals surface area contributed by atoms with Crippen LogP contribution in [0.15, 0.2) is 30.3 Å². The molecule has 2 rings (SSSR count). The van der Waals surface area contributed by atoms with Crippen LogP contribution in [0.2, 0.25) is 0 Å². The van der Waals surface area contributed by atoms with Crippen LogP contribution in [0.4, 0.5) is 9.59 Å². The SMILES string of the molecule is CC(C)(C)OC(=O)N1CCC(NCCNC(=O)OCc2ccccc2)C1. The Bertz CT molecular complexity index is 586. The number of carbonyl (C=O) groups is 2. The minimum Gasteiger partial charge on any atom is -0.445 e. The van der Waals surface area contributed by atoms with E-state index in [1.54, 1.807) is 4.90 Å². The van der Waals surface area contributed by atoms with Crippen LogP contribution in [-0.2, 0) is 16.1 Å². The molecule has 26 heavy (non-hydrogen) atoms. The summed E-state index contributed by atoms with van der Waals surface area (Å²) in [5, 5.41) is 6.05. The molecular weight excluding hydrogens is 334 g/mol. The monoisotopic (exact) mass is 363 g/mol. The average molecular weight is 363 g/mol. The lowest BCUT2D eigenvalue weighted by Gasteiger charge is -2.24. The fourth-order valence-electron chi connectivity index (χ4n) is 2.63. The number of rotatable bonds is 6. The summed E-state index contributed by atoms with van der Waals surface area (Å²) in [5.41, 5.74) is 0.473. The molecule has 144 valence electrons. The molecule has 7 heteroatoms. The van der Waals surface area contributed by atoms with Crippen molar-refractivity contribution in [3.8, 4) is 0 Å². The van der Waals surface area contributed by atoms with Crippen molar-refractivity contribution in [2.24, 2.45) is 0 Å². The van der Waals surface area contributed by atoms with Crippen LogP contribution < -0.4 is 10.6 Å². The number of hydrogen-bond donors (Lipinski definition) is 2. The first-order valence-electron chi connectivity index (χ1n) is 8.99. The maximum Gasteiger partial charge on any atom is 0.410 e. The van der Waals surface area contributed by atoms with Crippen molar-refractivity contribution in [3.63, 3.8) is 0 Å². The molecule has 1 aliphatic heterocycles. The Balaban J connectivity index is 1.56. The number of nitrogens with one attached hydrogen (secondary N) is 2. The van der Waals surface area contributed by atoms with Crippen LogP contribution in [0.3, 0.4) is 0 Å². The largest absolute Gasteiger partial charge is 0.445 e. The first-order chi connectivity index (χ1) is 12.3. The van der Waals surface area contributed by atoms with Crippen LogP contribution >= 0.6 is 0 Å². The molecule has 1 heterocycles. The maximum atomic E-state index is 12.0. The van der Waals surface area contributed by atoms with Gasteiger partial charge in [0.25, 0.3) is 0 Å². The van der Waals surface area contributed by atoms with E-state index in [0.717, 1.165) is 12.0 Å². The predicted octanol–water partition coefficient (Wildman–Crippen LogP) is 2.51. The van der Waals surface area contributed by atoms with Gasteiger partial charge < -0.3 is 25.0 Å². The molecule has 1 unspecified atom stereocenters. The van der Waals surface area contributed by atoms with E-state index in [1.807, 2.05) is 51.1 Å². The van der Waals surface area contributed by atoms with E-state index in [1.165, 1.54) is 0 Å². The summed E-state index contributed by atoms with van der Waals surface area (Å²) >= 11 is 0. The smallest absolute Gasteiger partial charge is 0.410 e. The lowest BCUT2D eigenvalue weighted by atomic mass is 10.2. The van der Waals surface area contributed by atoms with Crippen molar-refractivity contribution in [2.75, 3.05) is 26.2 Å². The molecular formula is C19H29N3O4. The molecule has 2 N–H and O–H groups in total. The van der Waals surface area contributed by atoms with Gasteiger partial charge in [-0.3, -0.25) is 0 Å². The molecule has 1 saturated heterocycles. The third-order valence-electron chi connectivity index (χ3n) is 3.88. The van der Waals surface area contributed by atoms with Gasteiger partial charge in [-0.15, -0.1) is 0 Å². The first-order valence-corrected chi connectivity index (χ1v) is 8.99. The lowest BCUT2D eigenvalue weighted by Crippen LogP contribution is -2.40. The normalized spacial score (nSPS) is 17.0. The second-order valence-corrected chi connectivity index (χ2v) is 7.35. The highest BCUT2D eigenvalue weighted by molar-refractivity contribution is 5.68. The molecule has 1 aliphatic rings. The number of ether oxygens (including phenoxy) is 2. The van der Waals surface area contributed by atoms with Crippen molar-refractivity contribution in [1.29, 1.82) is 0 Å². The standard InChI is InChI=1S/C19H29N3O4/c1-19(2,3)26-18(24)22-12-9-16(13-22)20-10-11-21-17(23)25-14-15-7-5-4-6-8-15/h4-8,16,20H,9-14H2,1-3H3,(H,21,23). The summed E-state index contributed by atoms with van der Waals surface area (Å²) < 4.78 is 10.5. The maximum absolute atomic E-state index is 12.0. The Labute approximate surface area is 155 Å². The molecule has 1 aromatic carbocycles. The molecule has 0 spiro atoms. The Morgan fingerprint density at radius 1 is 1.19 bits per heavy atom. The molecule has 1 fully saturated rings. The number of hydrogen-bond acceptors (Lipinski definition) is 5. The summed E-state index contributed by atoms with van der Waals surface area (Å²) in [7, 11) is 0. The number of amides is 2. The van der Waals surface area contributed by atoms with Gasteiger partial charge in [-0.2, -0.15) is 0 Å². The molecule has 0 radical (unpaired) electrons. The molecule has 7 nitrogen and oxygen atoms in total. The molecule has 0 saturated carbocycles. The van der Waals surface area contributed by atoms with Crippen LogP contribution in [0.1, 0.15) is 32.8 Å². The number of benzene rings is 1. The van der Waals surface area contributed by atoms with Crippen molar-refractivity contribution in [1.82, 2.24) is 15.5 Å². The third-order valence-corrected chi connectivity index (χ3v) is 3.88. The van der Waals surface area contributed by atoms with Crippen molar-refractivity contribution in [2.45, 2.75) is 45.4 Å².